The first-order valence-corrected chi connectivity index (χ1v) is 11.8. The Bertz CT molecular complexity index is 1140. The zero-order valence-electron chi connectivity index (χ0n) is 18.6. The summed E-state index contributed by atoms with van der Waals surface area (Å²) >= 11 is 0. The number of piperidine rings is 1. The maximum atomic E-state index is 12.9. The molecule has 0 radical (unpaired) electrons. The van der Waals surface area contributed by atoms with Crippen LogP contribution in [-0.2, 0) is 13.5 Å². The third-order valence-corrected chi connectivity index (χ3v) is 7.27. The number of oxazole rings is 1. The summed E-state index contributed by atoms with van der Waals surface area (Å²) in [6, 6.07) is 17.3. The second kappa shape index (κ2) is 8.85. The standard InChI is InChI=1S/C26H31N3O3/c1-28-23-13-10-19(17-24(23)32-26(28)31)20-15-21-11-12-22(16-20)29(21)25(30)27-14-6-5-9-18-7-3-2-4-8-18/h2-4,7-8,10,13,17,20-22H,5-6,9,11-12,14-16H2,1H3,(H,27,30). The van der Waals surface area contributed by atoms with Gasteiger partial charge in [-0.1, -0.05) is 36.4 Å². The van der Waals surface area contributed by atoms with E-state index in [1.54, 1.807) is 7.05 Å². The number of urea groups is 1. The quantitative estimate of drug-likeness (QED) is 0.579. The van der Waals surface area contributed by atoms with Crippen molar-refractivity contribution in [1.82, 2.24) is 14.8 Å². The summed E-state index contributed by atoms with van der Waals surface area (Å²) in [5.74, 6) is 0.0739. The number of aryl methyl sites for hydroxylation is 2. The Balaban J connectivity index is 1.15. The van der Waals surface area contributed by atoms with Crippen molar-refractivity contribution < 1.29 is 9.21 Å². The molecule has 0 spiro atoms. The van der Waals surface area contributed by atoms with Crippen molar-refractivity contribution in [3.63, 3.8) is 0 Å². The van der Waals surface area contributed by atoms with Crippen molar-refractivity contribution in [1.29, 1.82) is 0 Å². The predicted octanol–water partition coefficient (Wildman–Crippen LogP) is 4.57. The Morgan fingerprint density at radius 2 is 1.81 bits per heavy atom. The number of nitrogens with one attached hydrogen (secondary N) is 1. The van der Waals surface area contributed by atoms with Crippen LogP contribution in [0.3, 0.4) is 0 Å². The van der Waals surface area contributed by atoms with Crippen LogP contribution in [0.1, 0.15) is 55.6 Å². The molecule has 2 aliphatic heterocycles. The monoisotopic (exact) mass is 433 g/mol. The van der Waals surface area contributed by atoms with E-state index in [2.05, 4.69) is 40.5 Å². The zero-order chi connectivity index (χ0) is 22.1. The van der Waals surface area contributed by atoms with Gasteiger partial charge >= 0.3 is 11.8 Å². The lowest BCUT2D eigenvalue weighted by molar-refractivity contribution is 0.138. The van der Waals surface area contributed by atoms with Gasteiger partial charge in [0.2, 0.25) is 0 Å². The number of fused-ring (bicyclic) bond motifs is 3. The normalized spacial score (nSPS) is 22.4. The van der Waals surface area contributed by atoms with Crippen molar-refractivity contribution in [2.75, 3.05) is 6.54 Å². The average Bonchev–Trinajstić information content (AvgIpc) is 3.24. The van der Waals surface area contributed by atoms with E-state index in [0.717, 1.165) is 57.0 Å². The van der Waals surface area contributed by atoms with Gasteiger partial charge in [0.05, 0.1) is 5.52 Å². The number of rotatable bonds is 6. The summed E-state index contributed by atoms with van der Waals surface area (Å²) < 4.78 is 6.92. The molecule has 1 N–H and O–H groups in total. The molecule has 2 bridgehead atoms. The molecule has 168 valence electrons. The van der Waals surface area contributed by atoms with Gasteiger partial charge in [-0.2, -0.15) is 0 Å². The smallest absolute Gasteiger partial charge is 0.408 e. The van der Waals surface area contributed by atoms with Crippen LogP contribution in [0.15, 0.2) is 57.7 Å². The number of unbranched alkanes of at least 4 members (excludes halogenated alkanes) is 1. The molecule has 3 aromatic rings. The first kappa shape index (κ1) is 20.9. The van der Waals surface area contributed by atoms with Crippen LogP contribution in [0.2, 0.25) is 0 Å². The van der Waals surface area contributed by atoms with Crippen LogP contribution in [0.5, 0.6) is 0 Å². The fourth-order valence-electron chi connectivity index (χ4n) is 5.57. The van der Waals surface area contributed by atoms with Crippen LogP contribution < -0.4 is 11.1 Å². The van der Waals surface area contributed by atoms with E-state index in [0.29, 0.717) is 23.6 Å². The van der Waals surface area contributed by atoms with Crippen molar-refractivity contribution in [2.45, 2.75) is 62.9 Å². The minimum atomic E-state index is -0.326. The number of nitrogens with zero attached hydrogens (tertiary/aromatic N) is 2. The maximum Gasteiger partial charge on any atom is 0.419 e. The summed E-state index contributed by atoms with van der Waals surface area (Å²) in [4.78, 5) is 26.8. The SMILES string of the molecule is Cn1c(=O)oc2cc(C3CC4CCC(C3)N4C(=O)NCCCCc3ccccc3)ccc21. The lowest BCUT2D eigenvalue weighted by Crippen LogP contribution is -2.50. The number of aromatic nitrogens is 1. The van der Waals surface area contributed by atoms with Crippen molar-refractivity contribution in [2.24, 2.45) is 7.05 Å². The number of carbonyl (C=O) groups excluding carboxylic acids is 1. The van der Waals surface area contributed by atoms with Crippen molar-refractivity contribution >= 4 is 17.1 Å². The summed E-state index contributed by atoms with van der Waals surface area (Å²) in [5.41, 5.74) is 4.04. The Hall–Kier alpha value is -3.02. The highest BCUT2D eigenvalue weighted by Crippen LogP contribution is 2.43. The number of amides is 2. The summed E-state index contributed by atoms with van der Waals surface area (Å²) in [5, 5.41) is 3.16. The van der Waals surface area contributed by atoms with Crippen LogP contribution in [-0.4, -0.2) is 34.1 Å². The average molecular weight is 434 g/mol. The number of hydrogen-bond donors (Lipinski definition) is 1. The molecule has 2 saturated heterocycles. The molecule has 2 amide bonds. The van der Waals surface area contributed by atoms with Crippen LogP contribution in [0.4, 0.5) is 4.79 Å². The third kappa shape index (κ3) is 4.06. The highest BCUT2D eigenvalue weighted by molar-refractivity contribution is 5.76. The van der Waals surface area contributed by atoms with Gasteiger partial charge in [-0.15, -0.1) is 0 Å². The number of benzene rings is 2. The van der Waals surface area contributed by atoms with Gasteiger partial charge in [0.15, 0.2) is 5.58 Å². The second-order valence-electron chi connectivity index (χ2n) is 9.29. The molecule has 1 aromatic heterocycles. The lowest BCUT2D eigenvalue weighted by atomic mass is 9.85. The summed E-state index contributed by atoms with van der Waals surface area (Å²) in [7, 11) is 1.73. The van der Waals surface area contributed by atoms with Crippen molar-refractivity contribution in [3.8, 4) is 0 Å². The van der Waals surface area contributed by atoms with E-state index in [1.165, 1.54) is 15.7 Å². The summed E-state index contributed by atoms with van der Waals surface area (Å²) in [6.45, 7) is 0.731. The molecule has 2 atom stereocenters. The molecular formula is C26H31N3O3. The van der Waals surface area contributed by atoms with E-state index in [-0.39, 0.29) is 11.8 Å². The van der Waals surface area contributed by atoms with E-state index in [4.69, 9.17) is 4.42 Å². The largest absolute Gasteiger partial charge is 0.419 e. The fraction of sp³-hybridized carbons (Fsp3) is 0.462. The molecule has 5 rings (SSSR count). The molecule has 3 heterocycles. The molecule has 2 fully saturated rings. The number of carbonyl (C=O) groups is 1. The molecule has 2 aromatic carbocycles. The van der Waals surface area contributed by atoms with Gasteiger partial charge in [0.1, 0.15) is 0 Å². The molecule has 2 unspecified atom stereocenters. The van der Waals surface area contributed by atoms with Crippen LogP contribution in [0, 0.1) is 0 Å². The predicted molar refractivity (Wildman–Crippen MR) is 125 cm³/mol. The molecule has 0 saturated carbocycles. The zero-order valence-corrected chi connectivity index (χ0v) is 18.6. The first-order chi connectivity index (χ1) is 15.6. The fourth-order valence-corrected chi connectivity index (χ4v) is 5.57. The van der Waals surface area contributed by atoms with Gasteiger partial charge in [-0.3, -0.25) is 4.57 Å². The van der Waals surface area contributed by atoms with Gasteiger partial charge < -0.3 is 14.6 Å². The second-order valence-corrected chi connectivity index (χ2v) is 9.29. The van der Waals surface area contributed by atoms with Gasteiger partial charge in [0, 0.05) is 25.7 Å². The highest BCUT2D eigenvalue weighted by Gasteiger charge is 2.43. The highest BCUT2D eigenvalue weighted by atomic mass is 16.4. The van der Waals surface area contributed by atoms with E-state index in [9.17, 15) is 9.59 Å². The Morgan fingerprint density at radius 3 is 2.56 bits per heavy atom. The Kier molecular flexibility index (Phi) is 5.77. The lowest BCUT2D eigenvalue weighted by Gasteiger charge is -2.39. The van der Waals surface area contributed by atoms with Crippen LogP contribution in [0.25, 0.3) is 11.1 Å². The Morgan fingerprint density at radius 1 is 1.06 bits per heavy atom. The molecule has 2 aliphatic rings. The topological polar surface area (TPSA) is 67.5 Å². The first-order valence-electron chi connectivity index (χ1n) is 11.8. The molecule has 32 heavy (non-hydrogen) atoms. The van der Waals surface area contributed by atoms with Gasteiger partial charge in [-0.05, 0) is 74.1 Å². The maximum absolute atomic E-state index is 12.9. The van der Waals surface area contributed by atoms with E-state index < -0.39 is 0 Å². The molecular weight excluding hydrogens is 402 g/mol. The molecule has 6 nitrogen and oxygen atoms in total. The van der Waals surface area contributed by atoms with Gasteiger partial charge in [-0.25, -0.2) is 9.59 Å². The third-order valence-electron chi connectivity index (χ3n) is 7.27. The minimum Gasteiger partial charge on any atom is -0.408 e. The molecule has 6 heteroatoms. The van der Waals surface area contributed by atoms with E-state index in [1.807, 2.05) is 18.2 Å². The van der Waals surface area contributed by atoms with Crippen molar-refractivity contribution in [3.05, 3.63) is 70.2 Å². The van der Waals surface area contributed by atoms with E-state index >= 15 is 0 Å². The molecule has 0 aliphatic carbocycles. The minimum absolute atomic E-state index is 0.0974. The van der Waals surface area contributed by atoms with Gasteiger partial charge in [0.25, 0.3) is 0 Å². The Labute approximate surface area is 188 Å². The van der Waals surface area contributed by atoms with Crippen LogP contribution >= 0.6 is 0 Å². The summed E-state index contributed by atoms with van der Waals surface area (Å²) in [6.07, 6.45) is 7.22. The number of hydrogen-bond acceptors (Lipinski definition) is 3.